The Kier molecular flexibility index (Phi) is 2.40. The summed E-state index contributed by atoms with van der Waals surface area (Å²) < 4.78 is 0. The summed E-state index contributed by atoms with van der Waals surface area (Å²) >= 11 is 6.06. The Bertz CT molecular complexity index is 90.6. The molecule has 0 aliphatic heterocycles. The average molecular weight is 147 g/mol. The summed E-state index contributed by atoms with van der Waals surface area (Å²) in [5.41, 5.74) is 0. The van der Waals surface area contributed by atoms with Gasteiger partial charge in [-0.1, -0.05) is 20.3 Å². The standard InChI is InChI=1S/C8H15Cl/c1-6-3-4-7(2)8(9)5-6/h6-8H,3-5H2,1-2H3. The Morgan fingerprint density at radius 1 is 1.22 bits per heavy atom. The number of alkyl halides is 1. The predicted molar refractivity (Wildman–Crippen MR) is 41.8 cm³/mol. The van der Waals surface area contributed by atoms with Crippen LogP contribution in [0, 0.1) is 11.8 Å². The molecule has 1 saturated carbocycles. The van der Waals surface area contributed by atoms with E-state index in [0.29, 0.717) is 5.38 Å². The zero-order valence-electron chi connectivity index (χ0n) is 6.23. The van der Waals surface area contributed by atoms with Gasteiger partial charge in [0.1, 0.15) is 0 Å². The minimum absolute atomic E-state index is 0.453. The van der Waals surface area contributed by atoms with Gasteiger partial charge in [-0.25, -0.2) is 0 Å². The van der Waals surface area contributed by atoms with Crippen molar-refractivity contribution in [3.05, 3.63) is 0 Å². The number of hydrogen-bond donors (Lipinski definition) is 0. The second-order valence-corrected chi connectivity index (χ2v) is 3.97. The molecule has 1 aliphatic carbocycles. The van der Waals surface area contributed by atoms with E-state index in [1.807, 2.05) is 0 Å². The highest BCUT2D eigenvalue weighted by atomic mass is 35.5. The summed E-state index contributed by atoms with van der Waals surface area (Å²) in [6.07, 6.45) is 3.93. The second-order valence-electron chi connectivity index (χ2n) is 3.41. The molecule has 0 amide bonds. The quantitative estimate of drug-likeness (QED) is 0.461. The Morgan fingerprint density at radius 3 is 2.33 bits per heavy atom. The van der Waals surface area contributed by atoms with Crippen LogP contribution in [0.3, 0.4) is 0 Å². The third-order valence-corrected chi connectivity index (χ3v) is 2.97. The van der Waals surface area contributed by atoms with Crippen molar-refractivity contribution in [2.75, 3.05) is 0 Å². The highest BCUT2D eigenvalue weighted by Crippen LogP contribution is 2.31. The number of rotatable bonds is 0. The molecule has 54 valence electrons. The van der Waals surface area contributed by atoms with Gasteiger partial charge in [0.2, 0.25) is 0 Å². The van der Waals surface area contributed by atoms with Crippen LogP contribution in [0.2, 0.25) is 0 Å². The van der Waals surface area contributed by atoms with Gasteiger partial charge in [-0.05, 0) is 24.7 Å². The lowest BCUT2D eigenvalue weighted by Crippen LogP contribution is -2.21. The van der Waals surface area contributed by atoms with Crippen LogP contribution in [0.4, 0.5) is 0 Å². The maximum absolute atomic E-state index is 6.06. The molecule has 9 heavy (non-hydrogen) atoms. The Morgan fingerprint density at radius 2 is 1.89 bits per heavy atom. The van der Waals surface area contributed by atoms with Crippen molar-refractivity contribution in [2.45, 2.75) is 38.5 Å². The molecular formula is C8H15Cl. The van der Waals surface area contributed by atoms with Gasteiger partial charge in [0.05, 0.1) is 0 Å². The summed E-state index contributed by atoms with van der Waals surface area (Å²) in [7, 11) is 0. The van der Waals surface area contributed by atoms with E-state index in [1.54, 1.807) is 0 Å². The fourth-order valence-corrected chi connectivity index (χ4v) is 1.89. The van der Waals surface area contributed by atoms with Crippen molar-refractivity contribution in [1.82, 2.24) is 0 Å². The van der Waals surface area contributed by atoms with Gasteiger partial charge in [0.25, 0.3) is 0 Å². The first-order valence-electron chi connectivity index (χ1n) is 3.84. The molecule has 3 atom stereocenters. The van der Waals surface area contributed by atoms with Crippen molar-refractivity contribution in [3.63, 3.8) is 0 Å². The van der Waals surface area contributed by atoms with E-state index in [1.165, 1.54) is 19.3 Å². The molecule has 0 saturated heterocycles. The fraction of sp³-hybridized carbons (Fsp3) is 1.00. The molecule has 3 unspecified atom stereocenters. The third-order valence-electron chi connectivity index (χ3n) is 2.36. The molecule has 1 aliphatic rings. The molecule has 1 fully saturated rings. The molecule has 1 rings (SSSR count). The van der Waals surface area contributed by atoms with Crippen LogP contribution in [0.5, 0.6) is 0 Å². The first-order valence-corrected chi connectivity index (χ1v) is 4.28. The van der Waals surface area contributed by atoms with Crippen LogP contribution in [0.1, 0.15) is 33.1 Å². The first kappa shape index (κ1) is 7.40. The molecule has 1 heteroatoms. The van der Waals surface area contributed by atoms with Crippen LogP contribution in [-0.4, -0.2) is 5.38 Å². The number of halogens is 1. The van der Waals surface area contributed by atoms with Gasteiger partial charge in [-0.3, -0.25) is 0 Å². The molecule has 0 aromatic carbocycles. The van der Waals surface area contributed by atoms with Crippen molar-refractivity contribution >= 4 is 11.6 Å². The maximum Gasteiger partial charge on any atom is 0.0364 e. The van der Waals surface area contributed by atoms with Crippen molar-refractivity contribution < 1.29 is 0 Å². The number of hydrogen-bond acceptors (Lipinski definition) is 0. The van der Waals surface area contributed by atoms with E-state index in [2.05, 4.69) is 13.8 Å². The van der Waals surface area contributed by atoms with Gasteiger partial charge in [0, 0.05) is 5.38 Å². The van der Waals surface area contributed by atoms with Crippen molar-refractivity contribution in [3.8, 4) is 0 Å². The lowest BCUT2D eigenvalue weighted by molar-refractivity contribution is 0.314. The van der Waals surface area contributed by atoms with E-state index < -0.39 is 0 Å². The molecule has 0 heterocycles. The summed E-state index contributed by atoms with van der Waals surface area (Å²) in [4.78, 5) is 0. The Balaban J connectivity index is 2.35. The minimum atomic E-state index is 0.453. The molecule has 0 nitrogen and oxygen atoms in total. The fourth-order valence-electron chi connectivity index (χ4n) is 1.46. The first-order chi connectivity index (χ1) is 4.20. The smallest absolute Gasteiger partial charge is 0.0364 e. The molecular weight excluding hydrogens is 132 g/mol. The summed E-state index contributed by atoms with van der Waals surface area (Å²) in [5, 5.41) is 0.453. The molecule has 0 aromatic rings. The van der Waals surface area contributed by atoms with Crippen LogP contribution in [-0.2, 0) is 0 Å². The SMILES string of the molecule is CC1CCC(C)C(Cl)C1. The van der Waals surface area contributed by atoms with Gasteiger partial charge in [-0.15, -0.1) is 11.6 Å². The maximum atomic E-state index is 6.06. The van der Waals surface area contributed by atoms with E-state index in [-0.39, 0.29) is 0 Å². The van der Waals surface area contributed by atoms with E-state index in [9.17, 15) is 0 Å². The summed E-state index contributed by atoms with van der Waals surface area (Å²) in [6, 6.07) is 0. The largest absolute Gasteiger partial charge is 0.123 e. The lowest BCUT2D eigenvalue weighted by Gasteiger charge is -2.27. The molecule has 0 N–H and O–H groups in total. The van der Waals surface area contributed by atoms with Crippen molar-refractivity contribution in [2.24, 2.45) is 11.8 Å². The normalized spacial score (nSPS) is 45.0. The molecule has 0 spiro atoms. The van der Waals surface area contributed by atoms with Gasteiger partial charge in [-0.2, -0.15) is 0 Å². The molecule has 0 radical (unpaired) electrons. The zero-order chi connectivity index (χ0) is 6.85. The van der Waals surface area contributed by atoms with Crippen molar-refractivity contribution in [1.29, 1.82) is 0 Å². The lowest BCUT2D eigenvalue weighted by atomic mass is 9.84. The zero-order valence-corrected chi connectivity index (χ0v) is 6.99. The minimum Gasteiger partial charge on any atom is -0.123 e. The van der Waals surface area contributed by atoms with E-state index in [0.717, 1.165) is 11.8 Å². The Labute approximate surface area is 62.6 Å². The third kappa shape index (κ3) is 1.86. The van der Waals surface area contributed by atoms with E-state index >= 15 is 0 Å². The second kappa shape index (κ2) is 2.92. The van der Waals surface area contributed by atoms with Gasteiger partial charge in [0.15, 0.2) is 0 Å². The van der Waals surface area contributed by atoms with E-state index in [4.69, 9.17) is 11.6 Å². The molecule has 0 aromatic heterocycles. The summed E-state index contributed by atoms with van der Waals surface area (Å²) in [6.45, 7) is 4.55. The van der Waals surface area contributed by atoms with Crippen LogP contribution < -0.4 is 0 Å². The highest BCUT2D eigenvalue weighted by Gasteiger charge is 2.22. The topological polar surface area (TPSA) is 0 Å². The average Bonchev–Trinajstić information content (AvgIpc) is 1.80. The summed E-state index contributed by atoms with van der Waals surface area (Å²) in [5.74, 6) is 1.62. The predicted octanol–water partition coefficient (Wildman–Crippen LogP) is 3.05. The van der Waals surface area contributed by atoms with Crippen LogP contribution in [0.15, 0.2) is 0 Å². The van der Waals surface area contributed by atoms with Crippen LogP contribution >= 0.6 is 11.6 Å². The van der Waals surface area contributed by atoms with Gasteiger partial charge < -0.3 is 0 Å². The highest BCUT2D eigenvalue weighted by molar-refractivity contribution is 6.20. The molecule has 0 bridgehead atoms. The monoisotopic (exact) mass is 146 g/mol. The Hall–Kier alpha value is 0.290. The van der Waals surface area contributed by atoms with Gasteiger partial charge >= 0.3 is 0 Å². The van der Waals surface area contributed by atoms with Crippen LogP contribution in [0.25, 0.3) is 0 Å².